The Bertz CT molecular complexity index is 759. The van der Waals surface area contributed by atoms with Crippen LogP contribution in [0.5, 0.6) is 11.5 Å². The molecule has 2 rings (SSSR count). The number of aliphatic hydroxyl groups excluding tert-OH is 4. The van der Waals surface area contributed by atoms with Gasteiger partial charge in [0, 0.05) is 0 Å². The predicted molar refractivity (Wildman–Crippen MR) is 106 cm³/mol. The molecule has 13 heteroatoms. The van der Waals surface area contributed by atoms with Crippen molar-refractivity contribution in [2.75, 3.05) is 26.4 Å². The number of phosphoric ester groups is 1. The van der Waals surface area contributed by atoms with Gasteiger partial charge in [0.15, 0.2) is 0 Å². The van der Waals surface area contributed by atoms with Crippen LogP contribution >= 0.6 is 15.6 Å². The summed E-state index contributed by atoms with van der Waals surface area (Å²) in [6, 6.07) is 15.6. The van der Waals surface area contributed by atoms with Crippen LogP contribution in [0.3, 0.4) is 0 Å². The number of benzene rings is 2. The number of phosphoric acid groups is 2. The minimum atomic E-state index is -5.07. The van der Waals surface area contributed by atoms with Crippen molar-refractivity contribution in [3.05, 3.63) is 60.7 Å². The first kappa shape index (κ1) is 26.3. The average molecular weight is 466 g/mol. The van der Waals surface area contributed by atoms with Gasteiger partial charge >= 0.3 is 15.6 Å². The van der Waals surface area contributed by atoms with Gasteiger partial charge in [-0.25, -0.2) is 9.13 Å². The minimum absolute atomic E-state index is 0.0882. The third-order valence-electron chi connectivity index (χ3n) is 3.47. The molecule has 0 bridgehead atoms. The van der Waals surface area contributed by atoms with Crippen LogP contribution in [0.15, 0.2) is 60.7 Å². The normalized spacial score (nSPS) is 11.9. The van der Waals surface area contributed by atoms with Crippen molar-refractivity contribution >= 4 is 15.6 Å². The zero-order valence-corrected chi connectivity index (χ0v) is 17.5. The number of hydrogen-bond donors (Lipinski definition) is 6. The fraction of sp³-hybridized carbons (Fsp3) is 0.294. The Morgan fingerprint density at radius 2 is 1.00 bits per heavy atom. The Labute approximate surface area is 173 Å². The highest BCUT2D eigenvalue weighted by Crippen LogP contribution is 2.60. The molecule has 0 atom stereocenters. The van der Waals surface area contributed by atoms with Crippen molar-refractivity contribution in [3.8, 4) is 11.5 Å². The molecular weight excluding hydrogens is 442 g/mol. The number of hydrogen-bond acceptors (Lipinski definition) is 9. The van der Waals surface area contributed by atoms with Crippen molar-refractivity contribution in [1.82, 2.24) is 0 Å². The molecule has 0 saturated heterocycles. The maximum absolute atomic E-state index is 12.4. The van der Waals surface area contributed by atoms with E-state index in [9.17, 15) is 9.13 Å². The molecule has 0 spiro atoms. The molecular formula is C17H24O11P2. The van der Waals surface area contributed by atoms with E-state index in [-0.39, 0.29) is 11.5 Å². The van der Waals surface area contributed by atoms with Crippen LogP contribution in [0.4, 0.5) is 0 Å². The van der Waals surface area contributed by atoms with Crippen molar-refractivity contribution in [2.24, 2.45) is 5.41 Å². The molecule has 0 aliphatic heterocycles. The van der Waals surface area contributed by atoms with Crippen molar-refractivity contribution in [1.29, 1.82) is 0 Å². The van der Waals surface area contributed by atoms with E-state index in [1.165, 1.54) is 24.3 Å². The van der Waals surface area contributed by atoms with Gasteiger partial charge in [0.05, 0.1) is 31.8 Å². The van der Waals surface area contributed by atoms with Gasteiger partial charge in [-0.3, -0.25) is 0 Å². The zero-order chi connectivity index (χ0) is 22.7. The van der Waals surface area contributed by atoms with Crippen molar-refractivity contribution in [3.63, 3.8) is 0 Å². The summed E-state index contributed by atoms with van der Waals surface area (Å²) in [5.41, 5.74) is -1.11. The number of aliphatic hydroxyl groups is 4. The highest BCUT2D eigenvalue weighted by Gasteiger charge is 2.39. The van der Waals surface area contributed by atoms with E-state index in [0.29, 0.717) is 0 Å². The lowest BCUT2D eigenvalue weighted by molar-refractivity contribution is -0.0328. The fourth-order valence-corrected chi connectivity index (χ4v) is 3.81. The molecule has 2 aromatic carbocycles. The van der Waals surface area contributed by atoms with Gasteiger partial charge in [-0.1, -0.05) is 36.4 Å². The molecule has 0 aliphatic rings. The van der Waals surface area contributed by atoms with E-state index in [1.54, 1.807) is 36.4 Å². The van der Waals surface area contributed by atoms with Gasteiger partial charge in [0.25, 0.3) is 0 Å². The SMILES string of the molecule is O=P(O)(O)OP(=O)(Oc1ccccc1)Oc1ccccc1.OCC(CO)(CO)CO. The van der Waals surface area contributed by atoms with Crippen molar-refractivity contribution in [2.45, 2.75) is 0 Å². The molecule has 0 radical (unpaired) electrons. The second-order valence-corrected chi connectivity index (χ2v) is 8.85. The molecule has 0 aliphatic carbocycles. The molecule has 0 unspecified atom stereocenters. The topological polar surface area (TPSA) is 183 Å². The average Bonchev–Trinajstić information content (AvgIpc) is 2.70. The number of para-hydroxylation sites is 2. The highest BCUT2D eigenvalue weighted by atomic mass is 31.3. The molecule has 0 amide bonds. The van der Waals surface area contributed by atoms with Crippen LogP contribution in [0.2, 0.25) is 0 Å². The lowest BCUT2D eigenvalue weighted by atomic mass is 9.93. The summed E-state index contributed by atoms with van der Waals surface area (Å²) >= 11 is 0. The van der Waals surface area contributed by atoms with Gasteiger partial charge in [-0.05, 0) is 24.3 Å². The third-order valence-corrected chi connectivity index (χ3v) is 5.99. The standard InChI is InChI=1S/C12H12O7P2.C5H12O4/c13-20(14,15)19-21(16,17-11-7-3-1-4-8-11)18-12-9-5-2-6-10-12;6-1-5(2-7,3-8)4-9/h1-10H,(H2,13,14,15);6-9H,1-4H2. The van der Waals surface area contributed by atoms with Crippen LogP contribution < -0.4 is 9.05 Å². The Morgan fingerprint density at radius 1 is 0.667 bits per heavy atom. The first-order valence-corrected chi connectivity index (χ1v) is 11.4. The van der Waals surface area contributed by atoms with E-state index in [2.05, 4.69) is 4.31 Å². The summed E-state index contributed by atoms with van der Waals surface area (Å²) in [6.45, 7) is -1.62. The third kappa shape index (κ3) is 9.36. The molecule has 6 N–H and O–H groups in total. The lowest BCUT2D eigenvalue weighted by Crippen LogP contribution is -2.37. The molecule has 11 nitrogen and oxygen atoms in total. The Balaban J connectivity index is 0.000000424. The summed E-state index contributed by atoms with van der Waals surface area (Å²) in [5.74, 6) is 0.176. The quantitative estimate of drug-likeness (QED) is 0.278. The largest absolute Gasteiger partial charge is 0.596 e. The molecule has 30 heavy (non-hydrogen) atoms. The summed E-state index contributed by atoms with van der Waals surface area (Å²) in [7, 11) is -9.62. The van der Waals surface area contributed by atoms with Crippen LogP contribution in [0.1, 0.15) is 0 Å². The first-order chi connectivity index (χ1) is 14.1. The van der Waals surface area contributed by atoms with Gasteiger partial charge < -0.3 is 39.3 Å². The Kier molecular flexibility index (Phi) is 10.6. The van der Waals surface area contributed by atoms with Crippen molar-refractivity contribution < 1.29 is 52.7 Å². The molecule has 0 aromatic heterocycles. The van der Waals surface area contributed by atoms with E-state index in [0.717, 1.165) is 0 Å². The van der Waals surface area contributed by atoms with E-state index in [4.69, 9.17) is 39.3 Å². The van der Waals surface area contributed by atoms with Gasteiger partial charge in [0.1, 0.15) is 11.5 Å². The minimum Gasteiger partial charge on any atom is -0.396 e. The maximum atomic E-state index is 12.4. The smallest absolute Gasteiger partial charge is 0.396 e. The van der Waals surface area contributed by atoms with Gasteiger partial charge in [-0.15, -0.1) is 0 Å². The Hall–Kier alpha value is -1.78. The molecule has 0 heterocycles. The highest BCUT2D eigenvalue weighted by molar-refractivity contribution is 7.61. The monoisotopic (exact) mass is 466 g/mol. The number of rotatable bonds is 10. The van der Waals surface area contributed by atoms with Gasteiger partial charge in [0.2, 0.25) is 0 Å². The van der Waals surface area contributed by atoms with E-state index >= 15 is 0 Å². The molecule has 168 valence electrons. The zero-order valence-electron chi connectivity index (χ0n) is 15.7. The summed E-state index contributed by atoms with van der Waals surface area (Å²) in [5, 5.41) is 34.0. The maximum Gasteiger partial charge on any atom is 0.596 e. The molecule has 0 fully saturated rings. The van der Waals surface area contributed by atoms with Gasteiger partial charge in [-0.2, -0.15) is 4.31 Å². The second-order valence-electron chi connectivity index (χ2n) is 5.96. The van der Waals surface area contributed by atoms with Crippen LogP contribution in [-0.4, -0.2) is 56.6 Å². The Morgan fingerprint density at radius 3 is 1.23 bits per heavy atom. The lowest BCUT2D eigenvalue weighted by Gasteiger charge is -2.23. The summed E-state index contributed by atoms with van der Waals surface area (Å²) in [4.78, 5) is 17.7. The summed E-state index contributed by atoms with van der Waals surface area (Å²) in [6.07, 6.45) is 0. The first-order valence-electron chi connectivity index (χ1n) is 8.40. The van der Waals surface area contributed by atoms with Crippen LogP contribution in [-0.2, 0) is 13.4 Å². The van der Waals surface area contributed by atoms with E-state index < -0.39 is 47.5 Å². The van der Waals surface area contributed by atoms with E-state index in [1.807, 2.05) is 0 Å². The van der Waals surface area contributed by atoms with Crippen LogP contribution in [0, 0.1) is 5.41 Å². The second kappa shape index (κ2) is 12.2. The molecule has 2 aromatic rings. The van der Waals surface area contributed by atoms with Crippen LogP contribution in [0.25, 0.3) is 0 Å². The fourth-order valence-electron chi connectivity index (χ4n) is 1.70. The summed E-state index contributed by atoms with van der Waals surface area (Å²) < 4.78 is 37.6. The predicted octanol–water partition coefficient (Wildman–Crippen LogP) is 1.30. The molecule has 0 saturated carbocycles.